The molecule has 0 aliphatic heterocycles. The maximum atomic E-state index is 6.14. The zero-order valence-electron chi connectivity index (χ0n) is 10.5. The first-order valence-corrected chi connectivity index (χ1v) is 6.35. The van der Waals surface area contributed by atoms with Crippen LogP contribution in [0.5, 0.6) is 5.75 Å². The number of hydrogen-bond acceptors (Lipinski definition) is 2. The van der Waals surface area contributed by atoms with Crippen LogP contribution < -0.4 is 10.1 Å². The number of fused-ring (bicyclic) bond motifs is 1. The first kappa shape index (κ1) is 11.3. The zero-order chi connectivity index (χ0) is 12.4. The summed E-state index contributed by atoms with van der Waals surface area (Å²) in [5.74, 6) is 0.930. The predicted molar refractivity (Wildman–Crippen MR) is 72.8 cm³/mol. The van der Waals surface area contributed by atoms with Gasteiger partial charge in [-0.15, -0.1) is 0 Å². The van der Waals surface area contributed by atoms with Crippen molar-refractivity contribution in [2.24, 2.45) is 0 Å². The molecule has 1 aliphatic rings. The fourth-order valence-electron chi connectivity index (χ4n) is 2.60. The van der Waals surface area contributed by atoms with E-state index in [9.17, 15) is 0 Å². The van der Waals surface area contributed by atoms with Crippen molar-refractivity contribution in [3.63, 3.8) is 0 Å². The number of ether oxygens (including phenoxy) is 1. The number of nitrogens with one attached hydrogen (secondary N) is 1. The van der Waals surface area contributed by atoms with E-state index in [0.29, 0.717) is 6.04 Å². The molecule has 0 saturated heterocycles. The molecule has 3 rings (SSSR count). The molecule has 0 bridgehead atoms. The second kappa shape index (κ2) is 4.83. The van der Waals surface area contributed by atoms with E-state index in [1.54, 1.807) is 0 Å². The SMILES string of the molecule is CN[C@H]1Cc2ccccc2[C@H]1Oc1ccccc1. The summed E-state index contributed by atoms with van der Waals surface area (Å²) in [7, 11) is 2.00. The van der Waals surface area contributed by atoms with Crippen molar-refractivity contribution in [1.29, 1.82) is 0 Å². The lowest BCUT2D eigenvalue weighted by atomic mass is 10.1. The van der Waals surface area contributed by atoms with Gasteiger partial charge in [0.2, 0.25) is 0 Å². The van der Waals surface area contributed by atoms with Crippen LogP contribution in [0.25, 0.3) is 0 Å². The molecule has 92 valence electrons. The lowest BCUT2D eigenvalue weighted by molar-refractivity contribution is 0.172. The first-order valence-electron chi connectivity index (χ1n) is 6.35. The quantitative estimate of drug-likeness (QED) is 0.889. The molecule has 0 heterocycles. The van der Waals surface area contributed by atoms with Gasteiger partial charge in [-0.1, -0.05) is 42.5 Å². The normalized spacial score (nSPS) is 21.6. The Morgan fingerprint density at radius 3 is 2.50 bits per heavy atom. The summed E-state index contributed by atoms with van der Waals surface area (Å²) in [5.41, 5.74) is 2.69. The third-order valence-electron chi connectivity index (χ3n) is 3.54. The topological polar surface area (TPSA) is 21.3 Å². The van der Waals surface area contributed by atoms with E-state index in [0.717, 1.165) is 12.2 Å². The van der Waals surface area contributed by atoms with Crippen LogP contribution in [0.15, 0.2) is 54.6 Å². The number of benzene rings is 2. The average Bonchev–Trinajstić information content (AvgIpc) is 2.78. The van der Waals surface area contributed by atoms with Crippen molar-refractivity contribution in [2.75, 3.05) is 7.05 Å². The van der Waals surface area contributed by atoms with E-state index in [-0.39, 0.29) is 6.10 Å². The Balaban J connectivity index is 1.90. The third-order valence-corrected chi connectivity index (χ3v) is 3.54. The fourth-order valence-corrected chi connectivity index (χ4v) is 2.60. The Bertz CT molecular complexity index is 524. The molecule has 0 saturated carbocycles. The second-order valence-electron chi connectivity index (χ2n) is 4.65. The molecule has 2 nitrogen and oxygen atoms in total. The minimum absolute atomic E-state index is 0.105. The summed E-state index contributed by atoms with van der Waals surface area (Å²) in [5, 5.41) is 3.36. The van der Waals surface area contributed by atoms with Crippen LogP contribution in [-0.4, -0.2) is 13.1 Å². The lowest BCUT2D eigenvalue weighted by Crippen LogP contribution is -2.32. The predicted octanol–water partition coefficient (Wildman–Crippen LogP) is 2.95. The summed E-state index contributed by atoms with van der Waals surface area (Å²) in [6.07, 6.45) is 1.14. The molecule has 18 heavy (non-hydrogen) atoms. The summed E-state index contributed by atoms with van der Waals surface area (Å²) >= 11 is 0. The highest BCUT2D eigenvalue weighted by molar-refractivity contribution is 5.37. The van der Waals surface area contributed by atoms with Gasteiger partial charge in [-0.05, 0) is 36.7 Å². The molecule has 0 fully saturated rings. The van der Waals surface area contributed by atoms with Crippen LogP contribution in [0.3, 0.4) is 0 Å². The Hall–Kier alpha value is -1.80. The number of rotatable bonds is 3. The molecule has 2 aromatic rings. The van der Waals surface area contributed by atoms with Crippen LogP contribution in [0.4, 0.5) is 0 Å². The van der Waals surface area contributed by atoms with Crippen LogP contribution in [0, 0.1) is 0 Å². The van der Waals surface area contributed by atoms with Crippen molar-refractivity contribution >= 4 is 0 Å². The highest BCUT2D eigenvalue weighted by Crippen LogP contribution is 2.34. The Labute approximate surface area is 108 Å². The first-order chi connectivity index (χ1) is 8.88. The minimum atomic E-state index is 0.105. The van der Waals surface area contributed by atoms with Gasteiger partial charge in [0, 0.05) is 0 Å². The summed E-state index contributed by atoms with van der Waals surface area (Å²) < 4.78 is 6.14. The fraction of sp³-hybridized carbons (Fsp3) is 0.250. The van der Waals surface area contributed by atoms with Gasteiger partial charge in [0.1, 0.15) is 11.9 Å². The monoisotopic (exact) mass is 239 g/mol. The zero-order valence-corrected chi connectivity index (χ0v) is 10.5. The summed E-state index contributed by atoms with van der Waals surface area (Å²) in [6.45, 7) is 0. The van der Waals surface area contributed by atoms with Crippen LogP contribution in [0.1, 0.15) is 17.2 Å². The summed E-state index contributed by atoms with van der Waals surface area (Å²) in [6, 6.07) is 18.9. The molecule has 0 spiro atoms. The van der Waals surface area contributed by atoms with E-state index in [1.807, 2.05) is 37.4 Å². The number of likely N-dealkylation sites (N-methyl/N-ethyl adjacent to an activating group) is 1. The molecule has 1 aliphatic carbocycles. The summed E-state index contributed by atoms with van der Waals surface area (Å²) in [4.78, 5) is 0. The van der Waals surface area contributed by atoms with E-state index in [4.69, 9.17) is 4.74 Å². The lowest BCUT2D eigenvalue weighted by Gasteiger charge is -2.21. The second-order valence-corrected chi connectivity index (χ2v) is 4.65. The van der Waals surface area contributed by atoms with Gasteiger partial charge in [-0.2, -0.15) is 0 Å². The van der Waals surface area contributed by atoms with Crippen LogP contribution in [-0.2, 0) is 6.42 Å². The van der Waals surface area contributed by atoms with Gasteiger partial charge in [-0.25, -0.2) is 0 Å². The van der Waals surface area contributed by atoms with Crippen molar-refractivity contribution in [2.45, 2.75) is 18.6 Å². The van der Waals surface area contributed by atoms with Crippen molar-refractivity contribution in [3.8, 4) is 5.75 Å². The van der Waals surface area contributed by atoms with Gasteiger partial charge < -0.3 is 10.1 Å². The van der Waals surface area contributed by atoms with E-state index >= 15 is 0 Å². The minimum Gasteiger partial charge on any atom is -0.484 e. The molecule has 2 aromatic carbocycles. The van der Waals surface area contributed by atoms with E-state index < -0.39 is 0 Å². The molecule has 0 unspecified atom stereocenters. The molecule has 0 amide bonds. The number of hydrogen-bond donors (Lipinski definition) is 1. The van der Waals surface area contributed by atoms with Gasteiger partial charge in [0.25, 0.3) is 0 Å². The molecule has 0 radical (unpaired) electrons. The van der Waals surface area contributed by atoms with Crippen LogP contribution in [0.2, 0.25) is 0 Å². The van der Waals surface area contributed by atoms with Crippen LogP contribution >= 0.6 is 0 Å². The van der Waals surface area contributed by atoms with Crippen molar-refractivity contribution in [3.05, 3.63) is 65.7 Å². The Kier molecular flexibility index (Phi) is 3.03. The molecule has 1 N–H and O–H groups in total. The molecular formula is C16H17NO. The smallest absolute Gasteiger partial charge is 0.140 e. The Morgan fingerprint density at radius 2 is 1.72 bits per heavy atom. The maximum Gasteiger partial charge on any atom is 0.140 e. The van der Waals surface area contributed by atoms with Gasteiger partial charge in [0.05, 0.1) is 6.04 Å². The van der Waals surface area contributed by atoms with E-state index in [1.165, 1.54) is 11.1 Å². The van der Waals surface area contributed by atoms with Gasteiger partial charge in [0.15, 0.2) is 0 Å². The Morgan fingerprint density at radius 1 is 1.00 bits per heavy atom. The molecule has 2 atom stereocenters. The number of para-hydroxylation sites is 1. The van der Waals surface area contributed by atoms with Gasteiger partial charge in [-0.3, -0.25) is 0 Å². The highest BCUT2D eigenvalue weighted by Gasteiger charge is 2.32. The average molecular weight is 239 g/mol. The van der Waals surface area contributed by atoms with Crippen molar-refractivity contribution in [1.82, 2.24) is 5.32 Å². The maximum absolute atomic E-state index is 6.14. The standard InChI is InChI=1S/C16H17NO/c1-17-15-11-12-7-5-6-10-14(12)16(15)18-13-8-3-2-4-9-13/h2-10,15-17H,11H2,1H3/t15-,16+/m0/s1. The molecule has 2 heteroatoms. The highest BCUT2D eigenvalue weighted by atomic mass is 16.5. The molecular weight excluding hydrogens is 222 g/mol. The molecule has 0 aromatic heterocycles. The van der Waals surface area contributed by atoms with Crippen molar-refractivity contribution < 1.29 is 4.74 Å². The largest absolute Gasteiger partial charge is 0.484 e. The van der Waals surface area contributed by atoms with E-state index in [2.05, 4.69) is 29.6 Å². The third kappa shape index (κ3) is 2.00. The van der Waals surface area contributed by atoms with Gasteiger partial charge >= 0.3 is 0 Å².